The molecule has 0 atom stereocenters. The summed E-state index contributed by atoms with van der Waals surface area (Å²) in [5, 5.41) is 1.42. The van der Waals surface area contributed by atoms with Crippen LogP contribution in [0.5, 0.6) is 0 Å². The third-order valence-electron chi connectivity index (χ3n) is 6.26. The van der Waals surface area contributed by atoms with Gasteiger partial charge in [0.15, 0.2) is 0 Å². The zero-order valence-corrected chi connectivity index (χ0v) is 21.1. The molecule has 9 heteroatoms. The zero-order valence-electron chi connectivity index (χ0n) is 20.3. The molecule has 5 nitrogen and oxygen atoms in total. The van der Waals surface area contributed by atoms with Crippen LogP contribution in [0.15, 0.2) is 84.9 Å². The molecule has 0 aliphatic heterocycles. The minimum absolute atomic E-state index is 0.181. The number of nitrogens with one attached hydrogen (secondary N) is 1. The van der Waals surface area contributed by atoms with Crippen LogP contribution in [0.2, 0.25) is 0 Å². The highest BCUT2D eigenvalue weighted by atomic mass is 32.2. The van der Waals surface area contributed by atoms with Crippen LogP contribution in [-0.4, -0.2) is 20.6 Å². The number of amides is 1. The molecule has 192 valence electrons. The van der Waals surface area contributed by atoms with E-state index in [4.69, 9.17) is 0 Å². The molecule has 3 aromatic carbocycles. The Balaban J connectivity index is 1.51. The van der Waals surface area contributed by atoms with Gasteiger partial charge in [-0.25, -0.2) is 4.98 Å². The first-order valence-corrected chi connectivity index (χ1v) is 12.7. The second-order valence-corrected chi connectivity index (χ2v) is 9.47. The number of hydrogen-bond acceptors (Lipinski definition) is 4. The Bertz CT molecular complexity index is 1650. The average molecular weight is 534 g/mol. The number of aromatic nitrogens is 2. The van der Waals surface area contributed by atoms with Crippen molar-refractivity contribution in [3.05, 3.63) is 113 Å². The van der Waals surface area contributed by atoms with Crippen molar-refractivity contribution in [1.29, 1.82) is 0 Å². The molecule has 0 saturated carbocycles. The molecule has 0 fully saturated rings. The van der Waals surface area contributed by atoms with Gasteiger partial charge < -0.3 is 4.57 Å². The van der Waals surface area contributed by atoms with Gasteiger partial charge in [-0.05, 0) is 36.2 Å². The summed E-state index contributed by atoms with van der Waals surface area (Å²) in [6.07, 6.45) is -3.87. The molecule has 5 aromatic rings. The summed E-state index contributed by atoms with van der Waals surface area (Å²) in [7, 11) is 0. The molecule has 5 rings (SSSR count). The number of para-hydroxylation sites is 1. The molecule has 38 heavy (non-hydrogen) atoms. The normalized spacial score (nSPS) is 11.7. The highest BCUT2D eigenvalue weighted by Crippen LogP contribution is 2.33. The van der Waals surface area contributed by atoms with Gasteiger partial charge in [-0.15, -0.1) is 0 Å². The van der Waals surface area contributed by atoms with Crippen LogP contribution in [0, 0.1) is 0 Å². The molecule has 0 radical (unpaired) electrons. The molecule has 0 aliphatic carbocycles. The second kappa shape index (κ2) is 10.3. The van der Waals surface area contributed by atoms with Gasteiger partial charge in [0.05, 0.1) is 16.8 Å². The van der Waals surface area contributed by atoms with E-state index in [2.05, 4.69) is 9.71 Å². The summed E-state index contributed by atoms with van der Waals surface area (Å²) in [5.41, 5.74) is 3.04. The molecule has 0 unspecified atom stereocenters. The molecular weight excluding hydrogens is 511 g/mol. The number of alkyl halides is 3. The number of rotatable bonds is 5. The second-order valence-electron chi connectivity index (χ2n) is 8.69. The van der Waals surface area contributed by atoms with Gasteiger partial charge in [0.25, 0.3) is 5.91 Å². The monoisotopic (exact) mass is 533 g/mol. The highest BCUT2D eigenvalue weighted by molar-refractivity contribution is 8.12. The Labute approximate surface area is 220 Å². The average Bonchev–Trinajstić information content (AvgIpc) is 3.24. The van der Waals surface area contributed by atoms with Gasteiger partial charge in [0.2, 0.25) is 5.12 Å². The summed E-state index contributed by atoms with van der Waals surface area (Å²) >= 11 is 0.701. The van der Waals surface area contributed by atoms with Crippen molar-refractivity contribution in [1.82, 2.24) is 14.3 Å². The van der Waals surface area contributed by atoms with Crippen LogP contribution in [0.4, 0.5) is 13.2 Å². The number of fused-ring (bicyclic) bond motifs is 3. The SMILES string of the molecule is CCc1nc(C(=O)NSC(=O)c2ccccc2)cc2c3ccccc3n(Cc3ccc(C(F)(F)F)cc3)c12. The van der Waals surface area contributed by atoms with E-state index >= 15 is 0 Å². The molecular formula is C29H22F3N3O2S. The Hall–Kier alpha value is -4.11. The van der Waals surface area contributed by atoms with E-state index < -0.39 is 17.6 Å². The summed E-state index contributed by atoms with van der Waals surface area (Å²) < 4.78 is 43.7. The summed E-state index contributed by atoms with van der Waals surface area (Å²) in [6.45, 7) is 2.26. The van der Waals surface area contributed by atoms with Gasteiger partial charge in [0, 0.05) is 40.3 Å². The van der Waals surface area contributed by atoms with Crippen molar-refractivity contribution in [2.45, 2.75) is 26.1 Å². The Morgan fingerprint density at radius 2 is 1.61 bits per heavy atom. The van der Waals surface area contributed by atoms with E-state index in [1.54, 1.807) is 36.4 Å². The lowest BCUT2D eigenvalue weighted by Crippen LogP contribution is -2.20. The van der Waals surface area contributed by atoms with E-state index in [-0.39, 0.29) is 10.8 Å². The molecule has 0 saturated heterocycles. The molecule has 0 spiro atoms. The minimum Gasteiger partial charge on any atom is -0.334 e. The van der Waals surface area contributed by atoms with Crippen LogP contribution in [0.1, 0.15) is 44.6 Å². The molecule has 1 amide bonds. The number of carbonyl (C=O) groups is 2. The fourth-order valence-electron chi connectivity index (χ4n) is 4.44. The molecule has 2 aromatic heterocycles. The van der Waals surface area contributed by atoms with Gasteiger partial charge >= 0.3 is 6.18 Å². The minimum atomic E-state index is -4.40. The van der Waals surface area contributed by atoms with E-state index in [0.717, 1.165) is 33.9 Å². The van der Waals surface area contributed by atoms with Gasteiger partial charge in [0.1, 0.15) is 5.69 Å². The largest absolute Gasteiger partial charge is 0.416 e. The lowest BCUT2D eigenvalue weighted by Gasteiger charge is -2.12. The van der Waals surface area contributed by atoms with Crippen molar-refractivity contribution in [2.24, 2.45) is 0 Å². The summed E-state index contributed by atoms with van der Waals surface area (Å²) in [4.78, 5) is 30.0. The third kappa shape index (κ3) is 5.02. The van der Waals surface area contributed by atoms with E-state index in [0.29, 0.717) is 41.7 Å². The van der Waals surface area contributed by atoms with Crippen molar-refractivity contribution >= 4 is 44.8 Å². The van der Waals surface area contributed by atoms with Crippen LogP contribution in [0.25, 0.3) is 21.8 Å². The first-order valence-electron chi connectivity index (χ1n) is 11.9. The number of nitrogens with zero attached hydrogens (tertiary/aromatic N) is 2. The fraction of sp³-hybridized carbons (Fsp3) is 0.138. The molecule has 0 aliphatic rings. The van der Waals surface area contributed by atoms with Crippen LogP contribution >= 0.6 is 11.9 Å². The van der Waals surface area contributed by atoms with Crippen LogP contribution in [0.3, 0.4) is 0 Å². The number of pyridine rings is 1. The summed E-state index contributed by atoms with van der Waals surface area (Å²) in [6, 6.07) is 23.1. The Morgan fingerprint density at radius 3 is 2.29 bits per heavy atom. The molecule has 2 heterocycles. The van der Waals surface area contributed by atoms with Crippen LogP contribution < -0.4 is 4.72 Å². The van der Waals surface area contributed by atoms with Crippen molar-refractivity contribution < 1.29 is 22.8 Å². The number of halogens is 3. The Kier molecular flexibility index (Phi) is 6.94. The first kappa shape index (κ1) is 25.5. The highest BCUT2D eigenvalue weighted by Gasteiger charge is 2.30. The first-order chi connectivity index (χ1) is 18.3. The standard InChI is InChI=1S/C29H22F3N3O2S/c1-2-23-26-22(16-24(33-23)27(36)34-38-28(37)19-8-4-3-5-9-19)21-10-6-7-11-25(21)35(26)17-18-12-14-20(15-13-18)29(30,31)32/h3-16H,2,17H2,1H3,(H,34,36). The van der Waals surface area contributed by atoms with Gasteiger partial charge in [-0.2, -0.15) is 13.2 Å². The van der Waals surface area contributed by atoms with E-state index in [1.807, 2.05) is 35.8 Å². The smallest absolute Gasteiger partial charge is 0.334 e. The lowest BCUT2D eigenvalue weighted by molar-refractivity contribution is -0.137. The Morgan fingerprint density at radius 1 is 0.921 bits per heavy atom. The molecule has 0 bridgehead atoms. The van der Waals surface area contributed by atoms with Crippen molar-refractivity contribution in [2.75, 3.05) is 0 Å². The number of carbonyl (C=O) groups excluding carboxylic acids is 2. The number of hydrogen-bond donors (Lipinski definition) is 1. The predicted octanol–water partition coefficient (Wildman–Crippen LogP) is 7.04. The summed E-state index contributed by atoms with van der Waals surface area (Å²) in [5.74, 6) is -0.490. The predicted molar refractivity (Wildman–Crippen MR) is 143 cm³/mol. The lowest BCUT2D eigenvalue weighted by atomic mass is 10.1. The van der Waals surface area contributed by atoms with Gasteiger partial charge in [-0.3, -0.25) is 14.3 Å². The maximum atomic E-state index is 13.0. The maximum absolute atomic E-state index is 13.0. The quantitative estimate of drug-likeness (QED) is 0.246. The number of benzene rings is 3. The van der Waals surface area contributed by atoms with E-state index in [9.17, 15) is 22.8 Å². The third-order valence-corrected chi connectivity index (χ3v) is 6.96. The van der Waals surface area contributed by atoms with Crippen molar-refractivity contribution in [3.8, 4) is 0 Å². The fourth-order valence-corrected chi connectivity index (χ4v) is 4.99. The van der Waals surface area contributed by atoms with Crippen LogP contribution in [-0.2, 0) is 19.1 Å². The van der Waals surface area contributed by atoms with Gasteiger partial charge in [-0.1, -0.05) is 67.6 Å². The maximum Gasteiger partial charge on any atom is 0.416 e. The number of aryl methyl sites for hydroxylation is 1. The van der Waals surface area contributed by atoms with E-state index in [1.165, 1.54) is 12.1 Å². The topological polar surface area (TPSA) is 64.0 Å². The van der Waals surface area contributed by atoms with Crippen molar-refractivity contribution in [3.63, 3.8) is 0 Å². The molecule has 1 N–H and O–H groups in total. The zero-order chi connectivity index (χ0) is 26.9.